The van der Waals surface area contributed by atoms with Crippen molar-refractivity contribution in [3.63, 3.8) is 0 Å². The van der Waals surface area contributed by atoms with Crippen LogP contribution in [0.1, 0.15) is 34.2 Å². The van der Waals surface area contributed by atoms with Crippen LogP contribution in [0.2, 0.25) is 0 Å². The standard InChI is InChI=1S/C21H29N3O2S/c1-22-10-9-19(20-8-4-15-27-20)26-18-7-3-6-17(16-18)21(25)24-12-5-11-23(2)13-14-24/h3-4,6-8,15-16,19,22H,5,9-14H2,1-2H3. The SMILES string of the molecule is CNCCC(Oc1cccc(C(=O)N2CCCN(C)CC2)c1)c1cccs1. The van der Waals surface area contributed by atoms with Crippen molar-refractivity contribution < 1.29 is 9.53 Å². The minimum Gasteiger partial charge on any atom is -0.485 e. The number of amides is 1. The lowest BCUT2D eigenvalue weighted by Crippen LogP contribution is -2.34. The molecule has 1 atom stereocenters. The van der Waals surface area contributed by atoms with Gasteiger partial charge in [-0.2, -0.15) is 0 Å². The van der Waals surface area contributed by atoms with Crippen molar-refractivity contribution in [3.05, 3.63) is 52.2 Å². The molecule has 1 saturated heterocycles. The number of nitrogens with zero attached hydrogens (tertiary/aromatic N) is 2. The zero-order valence-electron chi connectivity index (χ0n) is 16.2. The average Bonchev–Trinajstić information content (AvgIpc) is 3.13. The van der Waals surface area contributed by atoms with Crippen molar-refractivity contribution >= 4 is 17.2 Å². The molecule has 1 aliphatic rings. The number of hydrogen-bond donors (Lipinski definition) is 1. The lowest BCUT2D eigenvalue weighted by Gasteiger charge is -2.22. The zero-order valence-corrected chi connectivity index (χ0v) is 17.0. The Balaban J connectivity index is 1.71. The molecule has 5 nitrogen and oxygen atoms in total. The Morgan fingerprint density at radius 1 is 1.22 bits per heavy atom. The van der Waals surface area contributed by atoms with E-state index in [2.05, 4.69) is 28.7 Å². The predicted molar refractivity (Wildman–Crippen MR) is 111 cm³/mol. The first-order chi connectivity index (χ1) is 13.2. The number of thiophene rings is 1. The topological polar surface area (TPSA) is 44.8 Å². The fourth-order valence-corrected chi connectivity index (χ4v) is 4.10. The highest BCUT2D eigenvalue weighted by molar-refractivity contribution is 7.10. The summed E-state index contributed by atoms with van der Waals surface area (Å²) in [7, 11) is 4.06. The number of benzene rings is 1. The molecule has 0 spiro atoms. The van der Waals surface area contributed by atoms with E-state index >= 15 is 0 Å². The molecule has 27 heavy (non-hydrogen) atoms. The van der Waals surface area contributed by atoms with Crippen molar-refractivity contribution in [2.75, 3.05) is 46.8 Å². The van der Waals surface area contributed by atoms with Gasteiger partial charge in [0.1, 0.15) is 11.9 Å². The molecule has 146 valence electrons. The summed E-state index contributed by atoms with van der Waals surface area (Å²) in [6, 6.07) is 11.8. The van der Waals surface area contributed by atoms with Gasteiger partial charge in [0.25, 0.3) is 5.91 Å². The lowest BCUT2D eigenvalue weighted by atomic mass is 10.1. The van der Waals surface area contributed by atoms with Gasteiger partial charge in [0, 0.05) is 36.5 Å². The van der Waals surface area contributed by atoms with Crippen molar-refractivity contribution in [1.29, 1.82) is 0 Å². The van der Waals surface area contributed by atoms with E-state index in [4.69, 9.17) is 4.74 Å². The molecule has 6 heteroatoms. The highest BCUT2D eigenvalue weighted by atomic mass is 32.1. The second-order valence-electron chi connectivity index (χ2n) is 6.99. The third-order valence-electron chi connectivity index (χ3n) is 4.88. The van der Waals surface area contributed by atoms with Gasteiger partial charge in [0.15, 0.2) is 0 Å². The van der Waals surface area contributed by atoms with Crippen LogP contribution < -0.4 is 10.1 Å². The van der Waals surface area contributed by atoms with Gasteiger partial charge in [-0.3, -0.25) is 4.79 Å². The molecule has 2 heterocycles. The maximum atomic E-state index is 12.9. The Hall–Kier alpha value is -1.89. The number of rotatable bonds is 7. The minimum absolute atomic E-state index is 0.00496. The summed E-state index contributed by atoms with van der Waals surface area (Å²) < 4.78 is 6.27. The molecule has 0 aliphatic carbocycles. The predicted octanol–water partition coefficient (Wildman–Crippen LogP) is 3.26. The Kier molecular flexibility index (Phi) is 7.26. The second kappa shape index (κ2) is 9.88. The number of likely N-dealkylation sites (N-methyl/N-ethyl adjacent to an activating group) is 1. The van der Waals surface area contributed by atoms with E-state index in [0.717, 1.165) is 51.3 Å². The molecule has 0 saturated carbocycles. The minimum atomic E-state index is -0.00496. The van der Waals surface area contributed by atoms with Gasteiger partial charge in [-0.1, -0.05) is 12.1 Å². The fourth-order valence-electron chi connectivity index (χ4n) is 3.31. The highest BCUT2D eigenvalue weighted by Gasteiger charge is 2.20. The molecule has 0 radical (unpaired) electrons. The molecule has 1 aromatic carbocycles. The Morgan fingerprint density at radius 3 is 2.89 bits per heavy atom. The van der Waals surface area contributed by atoms with Crippen molar-refractivity contribution in [1.82, 2.24) is 15.1 Å². The molecule has 3 rings (SSSR count). The number of carbonyl (C=O) groups excluding carboxylic acids is 1. The first-order valence-electron chi connectivity index (χ1n) is 9.60. The number of ether oxygens (including phenoxy) is 1. The van der Waals surface area contributed by atoms with Crippen LogP contribution in [0.15, 0.2) is 41.8 Å². The van der Waals surface area contributed by atoms with Crippen molar-refractivity contribution in [3.8, 4) is 5.75 Å². The van der Waals surface area contributed by atoms with Gasteiger partial charge in [-0.25, -0.2) is 0 Å². The number of nitrogens with one attached hydrogen (secondary N) is 1. The van der Waals surface area contributed by atoms with Crippen LogP contribution in [0.3, 0.4) is 0 Å². The maximum Gasteiger partial charge on any atom is 0.254 e. The quantitative estimate of drug-likeness (QED) is 0.792. The van der Waals surface area contributed by atoms with Crippen LogP contribution in [0, 0.1) is 0 Å². The average molecular weight is 388 g/mol. The van der Waals surface area contributed by atoms with E-state index < -0.39 is 0 Å². The van der Waals surface area contributed by atoms with E-state index in [-0.39, 0.29) is 12.0 Å². The summed E-state index contributed by atoms with van der Waals surface area (Å²) in [4.78, 5) is 18.4. The van der Waals surface area contributed by atoms with Gasteiger partial charge in [0.2, 0.25) is 0 Å². The summed E-state index contributed by atoms with van der Waals surface area (Å²) in [5.74, 6) is 0.848. The third-order valence-corrected chi connectivity index (χ3v) is 5.85. The molecule has 1 N–H and O–H groups in total. The second-order valence-corrected chi connectivity index (χ2v) is 7.97. The molecule has 1 amide bonds. The number of carbonyl (C=O) groups is 1. The van der Waals surface area contributed by atoms with Crippen LogP contribution in [-0.4, -0.2) is 62.5 Å². The van der Waals surface area contributed by atoms with E-state index in [1.807, 2.05) is 42.3 Å². The molecule has 1 fully saturated rings. The number of hydrogen-bond acceptors (Lipinski definition) is 5. The van der Waals surface area contributed by atoms with Crippen LogP contribution >= 0.6 is 11.3 Å². The summed E-state index contributed by atoms with van der Waals surface area (Å²) in [6.07, 6.45) is 1.89. The van der Waals surface area contributed by atoms with E-state index in [0.29, 0.717) is 5.56 Å². The monoisotopic (exact) mass is 387 g/mol. The van der Waals surface area contributed by atoms with E-state index in [1.54, 1.807) is 11.3 Å². The largest absolute Gasteiger partial charge is 0.485 e. The summed E-state index contributed by atoms with van der Waals surface area (Å²) in [5.41, 5.74) is 0.704. The molecule has 1 aromatic heterocycles. The third kappa shape index (κ3) is 5.54. The maximum absolute atomic E-state index is 12.9. The molecule has 1 aliphatic heterocycles. The highest BCUT2D eigenvalue weighted by Crippen LogP contribution is 2.28. The Morgan fingerprint density at radius 2 is 2.11 bits per heavy atom. The lowest BCUT2D eigenvalue weighted by molar-refractivity contribution is 0.0762. The first kappa shape index (κ1) is 19.9. The van der Waals surface area contributed by atoms with Crippen LogP contribution in [0.25, 0.3) is 0 Å². The summed E-state index contributed by atoms with van der Waals surface area (Å²) in [5, 5.41) is 5.26. The van der Waals surface area contributed by atoms with Gasteiger partial charge >= 0.3 is 0 Å². The van der Waals surface area contributed by atoms with Gasteiger partial charge < -0.3 is 19.9 Å². The van der Waals surface area contributed by atoms with Gasteiger partial charge in [-0.15, -0.1) is 11.3 Å². The van der Waals surface area contributed by atoms with Crippen LogP contribution in [0.4, 0.5) is 0 Å². The summed E-state index contributed by atoms with van der Waals surface area (Å²) in [6.45, 7) is 4.43. The van der Waals surface area contributed by atoms with Gasteiger partial charge in [-0.05, 0) is 63.3 Å². The zero-order chi connectivity index (χ0) is 19.1. The molecule has 2 aromatic rings. The van der Waals surface area contributed by atoms with Gasteiger partial charge in [0.05, 0.1) is 0 Å². The van der Waals surface area contributed by atoms with Crippen LogP contribution in [-0.2, 0) is 0 Å². The first-order valence-corrected chi connectivity index (χ1v) is 10.5. The Labute approximate surface area is 165 Å². The Bertz CT molecular complexity index is 720. The molecule has 0 bridgehead atoms. The molecular weight excluding hydrogens is 358 g/mol. The summed E-state index contributed by atoms with van der Waals surface area (Å²) >= 11 is 1.70. The molecule has 1 unspecified atom stereocenters. The van der Waals surface area contributed by atoms with E-state index in [1.165, 1.54) is 4.88 Å². The van der Waals surface area contributed by atoms with E-state index in [9.17, 15) is 4.79 Å². The molecular formula is C21H29N3O2S. The smallest absolute Gasteiger partial charge is 0.254 e. The van der Waals surface area contributed by atoms with Crippen LogP contribution in [0.5, 0.6) is 5.75 Å². The normalized spacial score (nSPS) is 16.7. The van der Waals surface area contributed by atoms with Crippen molar-refractivity contribution in [2.45, 2.75) is 18.9 Å². The fraction of sp³-hybridized carbons (Fsp3) is 0.476. The van der Waals surface area contributed by atoms with Crippen molar-refractivity contribution in [2.24, 2.45) is 0 Å².